The third-order valence-electron chi connectivity index (χ3n) is 3.55. The van der Waals surface area contributed by atoms with E-state index in [9.17, 15) is 9.59 Å². The summed E-state index contributed by atoms with van der Waals surface area (Å²) in [5, 5.41) is 7.96. The number of nitrogens with zero attached hydrogens (tertiary/aromatic N) is 2. The standard InChI is InChI=1S/C17H18N4O2/c1-3-8-21-16(22)7-6-15(20-21)17(23)19-13-4-5-14-12(10-13)9-11(2)18-14/h4-7,9-10,18H,3,8H2,1-2H3,(H,19,23). The van der Waals surface area contributed by atoms with Crippen molar-refractivity contribution in [3.8, 4) is 0 Å². The van der Waals surface area contributed by atoms with Crippen molar-refractivity contribution in [2.75, 3.05) is 5.32 Å². The first-order valence-electron chi connectivity index (χ1n) is 7.55. The highest BCUT2D eigenvalue weighted by atomic mass is 16.2. The van der Waals surface area contributed by atoms with Crippen LogP contribution in [0, 0.1) is 6.92 Å². The van der Waals surface area contributed by atoms with Crippen LogP contribution in [0.3, 0.4) is 0 Å². The van der Waals surface area contributed by atoms with E-state index in [-0.39, 0.29) is 17.2 Å². The Morgan fingerprint density at radius 3 is 2.87 bits per heavy atom. The van der Waals surface area contributed by atoms with Gasteiger partial charge in [-0.25, -0.2) is 4.68 Å². The first-order chi connectivity index (χ1) is 11.1. The highest BCUT2D eigenvalue weighted by Crippen LogP contribution is 2.20. The highest BCUT2D eigenvalue weighted by molar-refractivity contribution is 6.03. The summed E-state index contributed by atoms with van der Waals surface area (Å²) in [6.45, 7) is 4.43. The molecule has 0 spiro atoms. The van der Waals surface area contributed by atoms with E-state index in [0.717, 1.165) is 23.0 Å². The van der Waals surface area contributed by atoms with Gasteiger partial charge in [0.05, 0.1) is 0 Å². The molecule has 118 valence electrons. The lowest BCUT2D eigenvalue weighted by atomic mass is 10.2. The first kappa shape index (κ1) is 15.0. The Morgan fingerprint density at radius 1 is 1.26 bits per heavy atom. The number of amides is 1. The molecule has 2 N–H and O–H groups in total. The van der Waals surface area contributed by atoms with Gasteiger partial charge in [-0.05, 0) is 43.7 Å². The van der Waals surface area contributed by atoms with Crippen LogP contribution >= 0.6 is 0 Å². The van der Waals surface area contributed by atoms with E-state index < -0.39 is 0 Å². The fraction of sp³-hybridized carbons (Fsp3) is 0.235. The van der Waals surface area contributed by atoms with Crippen LogP contribution in [-0.4, -0.2) is 20.7 Å². The second kappa shape index (κ2) is 6.08. The van der Waals surface area contributed by atoms with E-state index >= 15 is 0 Å². The van der Waals surface area contributed by atoms with Crippen molar-refractivity contribution in [1.29, 1.82) is 0 Å². The second-order valence-electron chi connectivity index (χ2n) is 5.49. The van der Waals surface area contributed by atoms with Crippen LogP contribution in [-0.2, 0) is 6.54 Å². The zero-order valence-corrected chi connectivity index (χ0v) is 13.1. The van der Waals surface area contributed by atoms with Gasteiger partial charge in [0.2, 0.25) is 0 Å². The zero-order chi connectivity index (χ0) is 16.4. The Balaban J connectivity index is 1.85. The van der Waals surface area contributed by atoms with E-state index in [2.05, 4.69) is 15.4 Å². The monoisotopic (exact) mass is 310 g/mol. The summed E-state index contributed by atoms with van der Waals surface area (Å²) in [7, 11) is 0. The molecule has 2 aromatic heterocycles. The molecule has 3 aromatic rings. The molecule has 0 aliphatic carbocycles. The predicted octanol–water partition coefficient (Wildman–Crippen LogP) is 2.70. The van der Waals surface area contributed by atoms with E-state index in [1.165, 1.54) is 16.8 Å². The average molecular weight is 310 g/mol. The Kier molecular flexibility index (Phi) is 3.97. The second-order valence-corrected chi connectivity index (χ2v) is 5.49. The van der Waals surface area contributed by atoms with Crippen molar-refractivity contribution in [2.24, 2.45) is 0 Å². The number of rotatable bonds is 4. The average Bonchev–Trinajstić information content (AvgIpc) is 2.89. The molecule has 1 amide bonds. The molecule has 0 fully saturated rings. The molecule has 3 rings (SSSR count). The van der Waals surface area contributed by atoms with Crippen LogP contribution < -0.4 is 10.9 Å². The van der Waals surface area contributed by atoms with Crippen molar-refractivity contribution in [1.82, 2.24) is 14.8 Å². The molecular weight excluding hydrogens is 292 g/mol. The maximum atomic E-state index is 12.3. The number of H-pyrrole nitrogens is 1. The summed E-state index contributed by atoms with van der Waals surface area (Å²) in [6, 6.07) is 10.5. The molecule has 0 saturated heterocycles. The molecule has 2 heterocycles. The maximum absolute atomic E-state index is 12.3. The number of nitrogens with one attached hydrogen (secondary N) is 2. The lowest BCUT2D eigenvalue weighted by Gasteiger charge is -2.07. The highest BCUT2D eigenvalue weighted by Gasteiger charge is 2.10. The molecule has 1 aromatic carbocycles. The Hall–Kier alpha value is -2.89. The van der Waals surface area contributed by atoms with Crippen molar-refractivity contribution >= 4 is 22.5 Å². The van der Waals surface area contributed by atoms with Gasteiger partial charge in [0.1, 0.15) is 5.69 Å². The van der Waals surface area contributed by atoms with Gasteiger partial charge < -0.3 is 10.3 Å². The number of aromatic nitrogens is 3. The molecule has 0 aliphatic rings. The summed E-state index contributed by atoms with van der Waals surface area (Å²) in [5.41, 5.74) is 2.81. The molecule has 6 nitrogen and oxygen atoms in total. The molecule has 0 radical (unpaired) electrons. The van der Waals surface area contributed by atoms with Gasteiger partial charge in [0, 0.05) is 34.9 Å². The zero-order valence-electron chi connectivity index (χ0n) is 13.1. The van der Waals surface area contributed by atoms with Crippen LogP contribution in [0.5, 0.6) is 0 Å². The van der Waals surface area contributed by atoms with Crippen LogP contribution in [0.15, 0.2) is 41.2 Å². The summed E-state index contributed by atoms with van der Waals surface area (Å²) < 4.78 is 1.31. The number of benzene rings is 1. The van der Waals surface area contributed by atoms with E-state index in [0.29, 0.717) is 12.2 Å². The van der Waals surface area contributed by atoms with Gasteiger partial charge in [-0.1, -0.05) is 6.92 Å². The number of hydrogen-bond acceptors (Lipinski definition) is 3. The Labute approximate surface area is 133 Å². The van der Waals surface area contributed by atoms with Gasteiger partial charge in [-0.3, -0.25) is 9.59 Å². The topological polar surface area (TPSA) is 79.8 Å². The summed E-state index contributed by atoms with van der Waals surface area (Å²) in [4.78, 5) is 27.2. The van der Waals surface area contributed by atoms with Crippen LogP contribution in [0.2, 0.25) is 0 Å². The number of fused-ring (bicyclic) bond motifs is 1. The van der Waals surface area contributed by atoms with E-state index in [4.69, 9.17) is 0 Å². The van der Waals surface area contributed by atoms with Crippen molar-refractivity contribution < 1.29 is 4.79 Å². The molecule has 23 heavy (non-hydrogen) atoms. The molecular formula is C17H18N4O2. The number of aromatic amines is 1. The van der Waals surface area contributed by atoms with E-state index in [1.807, 2.05) is 38.1 Å². The minimum Gasteiger partial charge on any atom is -0.359 e. The smallest absolute Gasteiger partial charge is 0.276 e. The fourth-order valence-corrected chi connectivity index (χ4v) is 2.49. The fourth-order valence-electron chi connectivity index (χ4n) is 2.49. The number of anilines is 1. The largest absolute Gasteiger partial charge is 0.359 e. The number of hydrogen-bond donors (Lipinski definition) is 2. The van der Waals surface area contributed by atoms with Gasteiger partial charge in [-0.2, -0.15) is 5.10 Å². The minimum atomic E-state index is -0.332. The Morgan fingerprint density at radius 2 is 2.09 bits per heavy atom. The maximum Gasteiger partial charge on any atom is 0.276 e. The lowest BCUT2D eigenvalue weighted by Crippen LogP contribution is -2.26. The van der Waals surface area contributed by atoms with Crippen molar-refractivity contribution in [2.45, 2.75) is 26.8 Å². The summed E-state index contributed by atoms with van der Waals surface area (Å²) >= 11 is 0. The van der Waals surface area contributed by atoms with Crippen LogP contribution in [0.1, 0.15) is 29.5 Å². The van der Waals surface area contributed by atoms with Crippen molar-refractivity contribution in [3.05, 3.63) is 58.1 Å². The van der Waals surface area contributed by atoms with Gasteiger partial charge in [-0.15, -0.1) is 0 Å². The number of carbonyl (C=O) groups excluding carboxylic acids is 1. The van der Waals surface area contributed by atoms with Crippen LogP contribution in [0.4, 0.5) is 5.69 Å². The van der Waals surface area contributed by atoms with E-state index in [1.54, 1.807) is 0 Å². The van der Waals surface area contributed by atoms with Crippen LogP contribution in [0.25, 0.3) is 10.9 Å². The molecule has 0 aliphatic heterocycles. The third-order valence-corrected chi connectivity index (χ3v) is 3.55. The summed E-state index contributed by atoms with van der Waals surface area (Å²) in [6.07, 6.45) is 0.779. The minimum absolute atomic E-state index is 0.201. The number of aryl methyl sites for hydroxylation is 2. The molecule has 6 heteroatoms. The molecule has 0 atom stereocenters. The SMILES string of the molecule is CCCn1nc(C(=O)Nc2ccc3[nH]c(C)cc3c2)ccc1=O. The predicted molar refractivity (Wildman–Crippen MR) is 89.8 cm³/mol. The normalized spacial score (nSPS) is 10.9. The van der Waals surface area contributed by atoms with Gasteiger partial charge >= 0.3 is 0 Å². The third kappa shape index (κ3) is 3.15. The van der Waals surface area contributed by atoms with Crippen molar-refractivity contribution in [3.63, 3.8) is 0 Å². The summed E-state index contributed by atoms with van der Waals surface area (Å²) in [5.74, 6) is -0.332. The molecule has 0 unspecified atom stereocenters. The first-order valence-corrected chi connectivity index (χ1v) is 7.55. The lowest BCUT2D eigenvalue weighted by molar-refractivity contribution is 0.102. The molecule has 0 bridgehead atoms. The Bertz CT molecular complexity index is 924. The quantitative estimate of drug-likeness (QED) is 0.777. The van der Waals surface area contributed by atoms with Gasteiger partial charge in [0.25, 0.3) is 11.5 Å². The molecule has 0 saturated carbocycles. The number of carbonyl (C=O) groups is 1. The van der Waals surface area contributed by atoms with Gasteiger partial charge in [0.15, 0.2) is 0 Å².